The summed E-state index contributed by atoms with van der Waals surface area (Å²) in [5.74, 6) is 0. The predicted molar refractivity (Wildman–Crippen MR) is 203 cm³/mol. The minimum absolute atomic E-state index is 0.845. The second-order valence-electron chi connectivity index (χ2n) is 12.6. The van der Waals surface area contributed by atoms with Gasteiger partial charge in [-0.1, -0.05) is 97.1 Å². The number of para-hydroxylation sites is 4. The van der Waals surface area contributed by atoms with Crippen LogP contribution in [0.25, 0.3) is 82.5 Å². The molecule has 0 aliphatic rings. The molecular formula is C45H31N3. The van der Waals surface area contributed by atoms with E-state index in [2.05, 4.69) is 178 Å². The van der Waals surface area contributed by atoms with E-state index in [1.165, 1.54) is 71.0 Å². The second kappa shape index (κ2) is 10.3. The molecule has 7 aromatic carbocycles. The van der Waals surface area contributed by atoms with Crippen LogP contribution >= 0.6 is 0 Å². The third kappa shape index (κ3) is 3.82. The third-order valence-corrected chi connectivity index (χ3v) is 9.96. The number of rotatable bonds is 5. The topological polar surface area (TPSA) is 14.8 Å². The zero-order valence-electron chi connectivity index (χ0n) is 26.3. The van der Waals surface area contributed by atoms with Crippen LogP contribution in [-0.4, -0.2) is 13.7 Å². The van der Waals surface area contributed by atoms with Gasteiger partial charge in [-0.3, -0.25) is 0 Å². The standard InChI is InChI=1S/C45H31N3/c1-2-12-30-23-25-38-36-17-5-9-21-42(36)48(45(38)27-30)33-24-26-44-39(29-33)37-18-6-10-22-43(37)47(44)32-14-11-13-31(28-32)46-40-19-7-3-15-34(40)35-16-4-8-20-41(35)46/h2-11,13-29H,1,12H2. The number of hydrogen-bond acceptors (Lipinski definition) is 0. The van der Waals surface area contributed by atoms with Crippen molar-refractivity contribution in [3.63, 3.8) is 0 Å². The second-order valence-corrected chi connectivity index (χ2v) is 12.6. The molecule has 0 spiro atoms. The lowest BCUT2D eigenvalue weighted by Crippen LogP contribution is -1.99. The lowest BCUT2D eigenvalue weighted by atomic mass is 10.1. The molecular weight excluding hydrogens is 583 g/mol. The summed E-state index contributed by atoms with van der Waals surface area (Å²) in [7, 11) is 0. The maximum Gasteiger partial charge on any atom is 0.0543 e. The van der Waals surface area contributed by atoms with Crippen molar-refractivity contribution >= 4 is 65.4 Å². The van der Waals surface area contributed by atoms with Crippen molar-refractivity contribution in [3.8, 4) is 17.1 Å². The molecule has 0 N–H and O–H groups in total. The van der Waals surface area contributed by atoms with E-state index in [-0.39, 0.29) is 0 Å². The first-order valence-electron chi connectivity index (χ1n) is 16.5. The van der Waals surface area contributed by atoms with E-state index < -0.39 is 0 Å². The normalized spacial score (nSPS) is 11.9. The molecule has 3 heterocycles. The van der Waals surface area contributed by atoms with Crippen LogP contribution in [0.2, 0.25) is 0 Å². The molecule has 0 aliphatic carbocycles. The molecule has 10 aromatic rings. The van der Waals surface area contributed by atoms with Crippen molar-refractivity contribution in [2.24, 2.45) is 0 Å². The van der Waals surface area contributed by atoms with Crippen molar-refractivity contribution in [1.82, 2.24) is 13.7 Å². The molecule has 3 heteroatoms. The van der Waals surface area contributed by atoms with Crippen molar-refractivity contribution in [2.75, 3.05) is 0 Å². The van der Waals surface area contributed by atoms with E-state index in [4.69, 9.17) is 0 Å². The van der Waals surface area contributed by atoms with Crippen LogP contribution in [-0.2, 0) is 6.42 Å². The van der Waals surface area contributed by atoms with Crippen molar-refractivity contribution < 1.29 is 0 Å². The van der Waals surface area contributed by atoms with Gasteiger partial charge in [-0.05, 0) is 78.7 Å². The van der Waals surface area contributed by atoms with E-state index in [0.717, 1.165) is 23.5 Å². The highest BCUT2D eigenvalue weighted by Gasteiger charge is 2.18. The lowest BCUT2D eigenvalue weighted by Gasteiger charge is -2.13. The number of benzene rings is 7. The minimum atomic E-state index is 0.845. The van der Waals surface area contributed by atoms with E-state index in [1.54, 1.807) is 0 Å². The summed E-state index contributed by atoms with van der Waals surface area (Å²) in [6.07, 6.45) is 2.82. The maximum atomic E-state index is 3.99. The Bertz CT molecular complexity index is 2840. The molecule has 0 bridgehead atoms. The summed E-state index contributed by atoms with van der Waals surface area (Å²) in [4.78, 5) is 0. The van der Waals surface area contributed by atoms with Gasteiger partial charge in [0, 0.05) is 49.4 Å². The Morgan fingerprint density at radius 2 is 0.792 bits per heavy atom. The summed E-state index contributed by atoms with van der Waals surface area (Å²) in [5.41, 5.74) is 12.0. The number of nitrogens with zero attached hydrogens (tertiary/aromatic N) is 3. The predicted octanol–water partition coefficient (Wildman–Crippen LogP) is 11.7. The first-order chi connectivity index (χ1) is 23.8. The highest BCUT2D eigenvalue weighted by atomic mass is 15.0. The number of fused-ring (bicyclic) bond motifs is 9. The highest BCUT2D eigenvalue weighted by Crippen LogP contribution is 2.38. The summed E-state index contributed by atoms with van der Waals surface area (Å²) < 4.78 is 7.23. The van der Waals surface area contributed by atoms with Gasteiger partial charge in [0.05, 0.1) is 33.1 Å². The molecule has 48 heavy (non-hydrogen) atoms. The summed E-state index contributed by atoms with van der Waals surface area (Å²) >= 11 is 0. The molecule has 0 radical (unpaired) electrons. The number of hydrogen-bond donors (Lipinski definition) is 0. The molecule has 0 saturated heterocycles. The zero-order valence-corrected chi connectivity index (χ0v) is 26.3. The Labute approximate surface area is 277 Å². The molecule has 0 aliphatic heterocycles. The molecule has 0 unspecified atom stereocenters. The van der Waals surface area contributed by atoms with Crippen LogP contribution in [0.3, 0.4) is 0 Å². The van der Waals surface area contributed by atoms with Gasteiger partial charge >= 0.3 is 0 Å². The van der Waals surface area contributed by atoms with Crippen LogP contribution in [0.5, 0.6) is 0 Å². The molecule has 0 fully saturated rings. The van der Waals surface area contributed by atoms with Crippen LogP contribution in [0.1, 0.15) is 5.56 Å². The van der Waals surface area contributed by atoms with Gasteiger partial charge in [-0.25, -0.2) is 0 Å². The van der Waals surface area contributed by atoms with Gasteiger partial charge in [0.1, 0.15) is 0 Å². The van der Waals surface area contributed by atoms with Gasteiger partial charge in [0.25, 0.3) is 0 Å². The highest BCUT2D eigenvalue weighted by molar-refractivity contribution is 6.13. The maximum absolute atomic E-state index is 3.99. The molecule has 3 nitrogen and oxygen atoms in total. The number of allylic oxidation sites excluding steroid dienone is 1. The average molecular weight is 614 g/mol. The molecule has 10 rings (SSSR count). The van der Waals surface area contributed by atoms with E-state index >= 15 is 0 Å². The first-order valence-corrected chi connectivity index (χ1v) is 16.5. The van der Waals surface area contributed by atoms with Crippen molar-refractivity contribution in [3.05, 3.63) is 176 Å². The fraction of sp³-hybridized carbons (Fsp3) is 0.0222. The SMILES string of the molecule is C=CCc1ccc2c3ccccc3n(-c3ccc4c(c3)c3ccccc3n4-c3cccc(-n4c5ccccc5c5ccccc54)c3)c2c1. The van der Waals surface area contributed by atoms with Gasteiger partial charge in [-0.2, -0.15) is 0 Å². The molecule has 226 valence electrons. The van der Waals surface area contributed by atoms with Crippen LogP contribution in [0, 0.1) is 0 Å². The Hall–Kier alpha value is -6.32. The molecule has 3 aromatic heterocycles. The fourth-order valence-electron chi connectivity index (χ4n) is 7.94. The fourth-order valence-corrected chi connectivity index (χ4v) is 7.94. The van der Waals surface area contributed by atoms with Gasteiger partial charge in [-0.15, -0.1) is 6.58 Å². The van der Waals surface area contributed by atoms with Gasteiger partial charge in [0.2, 0.25) is 0 Å². The number of aromatic nitrogens is 3. The van der Waals surface area contributed by atoms with E-state index in [0.29, 0.717) is 0 Å². The van der Waals surface area contributed by atoms with Crippen LogP contribution in [0.4, 0.5) is 0 Å². The first kappa shape index (κ1) is 26.9. The van der Waals surface area contributed by atoms with Gasteiger partial charge < -0.3 is 13.7 Å². The quantitative estimate of drug-likeness (QED) is 0.172. The average Bonchev–Trinajstić information content (AvgIpc) is 3.77. The van der Waals surface area contributed by atoms with E-state index in [1.807, 2.05) is 6.08 Å². The Morgan fingerprint density at radius 3 is 1.33 bits per heavy atom. The Morgan fingerprint density at radius 1 is 0.354 bits per heavy atom. The van der Waals surface area contributed by atoms with E-state index in [9.17, 15) is 0 Å². The largest absolute Gasteiger partial charge is 0.309 e. The molecule has 0 atom stereocenters. The monoisotopic (exact) mass is 613 g/mol. The van der Waals surface area contributed by atoms with Crippen molar-refractivity contribution in [2.45, 2.75) is 6.42 Å². The third-order valence-electron chi connectivity index (χ3n) is 9.96. The van der Waals surface area contributed by atoms with Crippen LogP contribution < -0.4 is 0 Å². The summed E-state index contributed by atoms with van der Waals surface area (Å²) in [6, 6.07) is 57.6. The summed E-state index contributed by atoms with van der Waals surface area (Å²) in [5, 5.41) is 7.54. The zero-order chi connectivity index (χ0) is 31.8. The van der Waals surface area contributed by atoms with Gasteiger partial charge in [0.15, 0.2) is 0 Å². The van der Waals surface area contributed by atoms with Crippen molar-refractivity contribution in [1.29, 1.82) is 0 Å². The Balaban J connectivity index is 1.21. The molecule has 0 saturated carbocycles. The Kier molecular flexibility index (Phi) is 5.79. The smallest absolute Gasteiger partial charge is 0.0543 e. The minimum Gasteiger partial charge on any atom is -0.309 e. The van der Waals surface area contributed by atoms with Crippen LogP contribution in [0.15, 0.2) is 170 Å². The lowest BCUT2D eigenvalue weighted by molar-refractivity contribution is 1.13. The summed E-state index contributed by atoms with van der Waals surface area (Å²) in [6.45, 7) is 3.99. The molecule has 0 amide bonds.